The van der Waals surface area contributed by atoms with E-state index in [0.29, 0.717) is 11.9 Å². The predicted octanol–water partition coefficient (Wildman–Crippen LogP) is -0.0156. The van der Waals surface area contributed by atoms with Crippen molar-refractivity contribution >= 4 is 21.4 Å². The van der Waals surface area contributed by atoms with Gasteiger partial charge in [-0.05, 0) is 0 Å². The molecule has 17 heavy (non-hydrogen) atoms. The van der Waals surface area contributed by atoms with E-state index in [4.69, 9.17) is 14.7 Å². The lowest BCUT2D eigenvalue weighted by molar-refractivity contribution is -0.138. The zero-order valence-electron chi connectivity index (χ0n) is 8.75. The number of rotatable bonds is 7. The molecule has 0 amide bonds. The minimum atomic E-state index is -5.11. The highest BCUT2D eigenvalue weighted by molar-refractivity contribution is 7.65. The molecule has 0 aliphatic carbocycles. The molecule has 0 aliphatic rings. The fraction of sp³-hybridized carbons (Fsp3) is 0.500. The third kappa shape index (κ3) is 10.3. The van der Waals surface area contributed by atoms with Crippen LogP contribution in [0.3, 0.4) is 0 Å². The first kappa shape index (κ1) is 16.5. The highest BCUT2D eigenvalue weighted by Gasteiger charge is 2.28. The molecule has 0 saturated heterocycles. The number of carbonyl (C=O) groups is 1. The van der Waals surface area contributed by atoms with Crippen LogP contribution in [-0.2, 0) is 27.7 Å². The quantitative estimate of drug-likeness (QED) is 0.255. The fourth-order valence-corrected chi connectivity index (χ4v) is 2.36. The van der Waals surface area contributed by atoms with Crippen molar-refractivity contribution < 1.29 is 42.4 Å². The molecule has 0 aromatic rings. The third-order valence-corrected chi connectivity index (χ3v) is 3.47. The number of hydrogen-bond acceptors (Lipinski definition) is 6. The standard InChI is InChI=1S/C6H12O9P2/c1-13-3-4-14-6(7)2-5-16(8,9)15-17(10,11)12/h2,5H,3-4H2,1H3,(H,8,9)(H2,10,11,12)/b5-2+. The van der Waals surface area contributed by atoms with Gasteiger partial charge in [0.25, 0.3) is 0 Å². The van der Waals surface area contributed by atoms with Crippen LogP contribution in [0.1, 0.15) is 0 Å². The SMILES string of the molecule is COCCOC(=O)/C=C/P(=O)(O)OP(=O)(O)O. The van der Waals surface area contributed by atoms with Crippen LogP contribution in [0.5, 0.6) is 0 Å². The van der Waals surface area contributed by atoms with Crippen LogP contribution < -0.4 is 0 Å². The van der Waals surface area contributed by atoms with Gasteiger partial charge >= 0.3 is 21.4 Å². The van der Waals surface area contributed by atoms with Crippen LogP contribution in [0.4, 0.5) is 0 Å². The summed E-state index contributed by atoms with van der Waals surface area (Å²) in [4.78, 5) is 36.3. The Balaban J connectivity index is 4.26. The molecular formula is C6H12O9P2. The minimum absolute atomic E-state index is 0.0608. The van der Waals surface area contributed by atoms with Crippen molar-refractivity contribution in [1.29, 1.82) is 0 Å². The second-order valence-electron chi connectivity index (χ2n) is 2.61. The van der Waals surface area contributed by atoms with E-state index in [1.807, 2.05) is 0 Å². The molecule has 1 atom stereocenters. The van der Waals surface area contributed by atoms with Gasteiger partial charge < -0.3 is 24.2 Å². The summed E-state index contributed by atoms with van der Waals surface area (Å²) >= 11 is 0. The molecular weight excluding hydrogens is 278 g/mol. The van der Waals surface area contributed by atoms with Gasteiger partial charge in [0.15, 0.2) is 0 Å². The molecule has 100 valence electrons. The molecule has 9 nitrogen and oxygen atoms in total. The largest absolute Gasteiger partial charge is 0.477 e. The number of phosphoric acid groups is 1. The molecule has 11 heteroatoms. The highest BCUT2D eigenvalue weighted by Crippen LogP contribution is 2.57. The normalized spacial score (nSPS) is 15.8. The summed E-state index contributed by atoms with van der Waals surface area (Å²) in [6, 6.07) is 0. The lowest BCUT2D eigenvalue weighted by Gasteiger charge is -2.07. The van der Waals surface area contributed by atoms with E-state index < -0.39 is 21.4 Å². The van der Waals surface area contributed by atoms with Gasteiger partial charge in [-0.15, -0.1) is 0 Å². The first-order chi connectivity index (χ1) is 7.66. The van der Waals surface area contributed by atoms with Gasteiger partial charge in [0.2, 0.25) is 0 Å². The zero-order valence-corrected chi connectivity index (χ0v) is 10.5. The van der Waals surface area contributed by atoms with E-state index in [2.05, 4.69) is 13.8 Å². The summed E-state index contributed by atoms with van der Waals surface area (Å²) in [7, 11) is -8.40. The van der Waals surface area contributed by atoms with E-state index in [9.17, 15) is 13.9 Å². The monoisotopic (exact) mass is 290 g/mol. The summed E-state index contributed by atoms with van der Waals surface area (Å²) in [5.74, 6) is -0.646. The lowest BCUT2D eigenvalue weighted by Crippen LogP contribution is -2.06. The number of methoxy groups -OCH3 is 1. The summed E-state index contributed by atoms with van der Waals surface area (Å²) in [5.41, 5.74) is 0. The smallest absolute Gasteiger partial charge is 0.460 e. The Kier molecular flexibility index (Phi) is 6.81. The van der Waals surface area contributed by atoms with Crippen LogP contribution in [0.25, 0.3) is 0 Å². The van der Waals surface area contributed by atoms with Gasteiger partial charge in [-0.2, -0.15) is 0 Å². The molecule has 0 aromatic heterocycles. The van der Waals surface area contributed by atoms with Crippen LogP contribution in [-0.4, -0.2) is 41.0 Å². The third-order valence-electron chi connectivity index (χ3n) is 1.15. The molecule has 0 radical (unpaired) electrons. The highest BCUT2D eigenvalue weighted by atomic mass is 31.3. The van der Waals surface area contributed by atoms with Crippen LogP contribution in [0.2, 0.25) is 0 Å². The van der Waals surface area contributed by atoms with Crippen molar-refractivity contribution in [1.82, 2.24) is 0 Å². The van der Waals surface area contributed by atoms with Gasteiger partial charge in [0.1, 0.15) is 6.61 Å². The van der Waals surface area contributed by atoms with Gasteiger partial charge in [0.05, 0.1) is 6.61 Å². The van der Waals surface area contributed by atoms with Crippen molar-refractivity contribution in [3.63, 3.8) is 0 Å². The summed E-state index contributed by atoms with van der Waals surface area (Å²) < 4.78 is 33.9. The van der Waals surface area contributed by atoms with E-state index in [-0.39, 0.29) is 13.2 Å². The summed E-state index contributed by atoms with van der Waals surface area (Å²) in [6.45, 7) is 0.0874. The molecule has 1 unspecified atom stereocenters. The van der Waals surface area contributed by atoms with Crippen molar-refractivity contribution in [3.05, 3.63) is 11.9 Å². The molecule has 0 bridgehead atoms. The molecule has 0 heterocycles. The molecule has 0 rings (SSSR count). The van der Waals surface area contributed by atoms with Gasteiger partial charge in [-0.3, -0.25) is 4.57 Å². The Morgan fingerprint density at radius 1 is 1.24 bits per heavy atom. The average Bonchev–Trinajstić information content (AvgIpc) is 2.12. The van der Waals surface area contributed by atoms with E-state index in [1.54, 1.807) is 0 Å². The Morgan fingerprint density at radius 3 is 2.29 bits per heavy atom. The first-order valence-electron chi connectivity index (χ1n) is 4.10. The maximum absolute atomic E-state index is 11.0. The Labute approximate surface area is 96.8 Å². The van der Waals surface area contributed by atoms with Crippen LogP contribution in [0, 0.1) is 0 Å². The van der Waals surface area contributed by atoms with Crippen LogP contribution in [0.15, 0.2) is 11.9 Å². The lowest BCUT2D eigenvalue weighted by atomic mass is 10.6. The number of carbonyl (C=O) groups excluding carboxylic acids is 1. The summed E-state index contributed by atoms with van der Waals surface area (Å²) in [5, 5.41) is 0. The second kappa shape index (κ2) is 7.03. The molecule has 0 saturated carbocycles. The predicted molar refractivity (Wildman–Crippen MR) is 54.9 cm³/mol. The molecule has 0 aromatic carbocycles. The molecule has 0 fully saturated rings. The first-order valence-corrected chi connectivity index (χ1v) is 7.28. The molecule has 0 spiro atoms. The van der Waals surface area contributed by atoms with Crippen LogP contribution >= 0.6 is 15.4 Å². The van der Waals surface area contributed by atoms with E-state index in [0.717, 1.165) is 0 Å². The fourth-order valence-electron chi connectivity index (χ4n) is 0.608. The Hall–Kier alpha value is -0.530. The number of hydrogen-bond donors (Lipinski definition) is 3. The average molecular weight is 290 g/mol. The van der Waals surface area contributed by atoms with Gasteiger partial charge in [-0.25, -0.2) is 13.7 Å². The minimum Gasteiger partial charge on any atom is -0.460 e. The van der Waals surface area contributed by atoms with Crippen molar-refractivity contribution in [2.75, 3.05) is 20.3 Å². The van der Waals surface area contributed by atoms with E-state index in [1.165, 1.54) is 7.11 Å². The zero-order chi connectivity index (χ0) is 13.5. The van der Waals surface area contributed by atoms with Crippen molar-refractivity contribution in [2.45, 2.75) is 0 Å². The Bertz CT molecular complexity index is 370. The topological polar surface area (TPSA) is 140 Å². The van der Waals surface area contributed by atoms with Gasteiger partial charge in [0, 0.05) is 19.0 Å². The Morgan fingerprint density at radius 2 is 1.82 bits per heavy atom. The summed E-state index contributed by atoms with van der Waals surface area (Å²) in [6.07, 6.45) is 0.534. The van der Waals surface area contributed by atoms with Gasteiger partial charge in [-0.1, -0.05) is 0 Å². The second-order valence-corrected chi connectivity index (χ2v) is 5.67. The van der Waals surface area contributed by atoms with E-state index >= 15 is 0 Å². The van der Waals surface area contributed by atoms with Crippen molar-refractivity contribution in [2.24, 2.45) is 0 Å². The number of ether oxygens (including phenoxy) is 2. The van der Waals surface area contributed by atoms with Crippen molar-refractivity contribution in [3.8, 4) is 0 Å². The number of esters is 1. The molecule has 0 aliphatic heterocycles. The molecule has 3 N–H and O–H groups in total. The maximum Gasteiger partial charge on any atom is 0.477 e. The maximum atomic E-state index is 11.0.